The Morgan fingerprint density at radius 1 is 1.30 bits per heavy atom. The van der Waals surface area contributed by atoms with Crippen molar-refractivity contribution in [3.05, 3.63) is 42.6 Å². The molecule has 0 saturated carbocycles. The number of hydrogen-bond donors (Lipinski definition) is 1. The molecule has 0 fully saturated rings. The van der Waals surface area contributed by atoms with E-state index in [9.17, 15) is 4.79 Å². The van der Waals surface area contributed by atoms with E-state index in [2.05, 4.69) is 10.4 Å². The van der Waals surface area contributed by atoms with E-state index in [1.807, 2.05) is 44.2 Å². The van der Waals surface area contributed by atoms with Crippen molar-refractivity contribution in [1.82, 2.24) is 15.1 Å². The summed E-state index contributed by atoms with van der Waals surface area (Å²) in [5.74, 6) is 0.734. The fourth-order valence-electron chi connectivity index (χ4n) is 1.62. The summed E-state index contributed by atoms with van der Waals surface area (Å²) in [6, 6.07) is 11.5. The number of benzene rings is 1. The van der Waals surface area contributed by atoms with Crippen LogP contribution in [0.15, 0.2) is 42.6 Å². The fraction of sp³-hybridized carbons (Fsp3) is 0.333. The Morgan fingerprint density at radius 2 is 2.05 bits per heavy atom. The maximum absolute atomic E-state index is 11.5. The lowest BCUT2D eigenvalue weighted by Gasteiger charge is -2.07. The van der Waals surface area contributed by atoms with Gasteiger partial charge in [-0.15, -0.1) is 5.10 Å². The lowest BCUT2D eigenvalue weighted by atomic mass is 10.2. The molecule has 0 unspecified atom stereocenters. The zero-order valence-corrected chi connectivity index (χ0v) is 11.7. The van der Waals surface area contributed by atoms with E-state index in [0.717, 1.165) is 5.69 Å². The van der Waals surface area contributed by atoms with Gasteiger partial charge in [-0.25, -0.2) is 4.68 Å². The van der Waals surface area contributed by atoms with E-state index in [1.54, 1.807) is 16.9 Å². The van der Waals surface area contributed by atoms with Crippen LogP contribution in [0.25, 0.3) is 5.69 Å². The van der Waals surface area contributed by atoms with Crippen LogP contribution in [0.5, 0.6) is 5.88 Å². The molecule has 1 aromatic heterocycles. The van der Waals surface area contributed by atoms with E-state index in [-0.39, 0.29) is 12.5 Å². The van der Waals surface area contributed by atoms with Crippen LogP contribution in [0.3, 0.4) is 0 Å². The lowest BCUT2D eigenvalue weighted by molar-refractivity contribution is -0.123. The number of para-hydroxylation sites is 1. The van der Waals surface area contributed by atoms with Gasteiger partial charge in [0.1, 0.15) is 0 Å². The molecule has 0 atom stereocenters. The average molecular weight is 273 g/mol. The third-order valence-electron chi connectivity index (χ3n) is 2.64. The maximum Gasteiger partial charge on any atom is 0.258 e. The maximum atomic E-state index is 11.5. The molecule has 5 heteroatoms. The van der Waals surface area contributed by atoms with Crippen molar-refractivity contribution >= 4 is 5.91 Å². The van der Waals surface area contributed by atoms with Gasteiger partial charge in [0.25, 0.3) is 5.91 Å². The minimum Gasteiger partial charge on any atom is -0.466 e. The molecule has 2 aromatic rings. The van der Waals surface area contributed by atoms with Crippen molar-refractivity contribution < 1.29 is 9.53 Å². The Hall–Kier alpha value is -2.30. The predicted octanol–water partition coefficient (Wildman–Crippen LogP) is 2.02. The molecule has 0 aliphatic heterocycles. The average Bonchev–Trinajstić information content (AvgIpc) is 2.93. The Bertz CT molecular complexity index is 549. The zero-order chi connectivity index (χ0) is 14.4. The molecular formula is C15H19N3O2. The zero-order valence-electron chi connectivity index (χ0n) is 11.7. The molecule has 0 radical (unpaired) electrons. The minimum atomic E-state index is -0.132. The van der Waals surface area contributed by atoms with Gasteiger partial charge in [0, 0.05) is 18.8 Å². The first-order valence-corrected chi connectivity index (χ1v) is 6.66. The Balaban J connectivity index is 1.86. The number of hydrogen-bond acceptors (Lipinski definition) is 3. The normalized spacial score (nSPS) is 10.6. The highest BCUT2D eigenvalue weighted by molar-refractivity contribution is 5.77. The van der Waals surface area contributed by atoms with Crippen LogP contribution in [0, 0.1) is 5.92 Å². The van der Waals surface area contributed by atoms with Crippen molar-refractivity contribution in [3.8, 4) is 11.6 Å². The second-order valence-corrected chi connectivity index (χ2v) is 4.92. The van der Waals surface area contributed by atoms with Gasteiger partial charge in [0.2, 0.25) is 5.88 Å². The number of rotatable bonds is 6. The summed E-state index contributed by atoms with van der Waals surface area (Å²) >= 11 is 0. The van der Waals surface area contributed by atoms with E-state index < -0.39 is 0 Å². The third kappa shape index (κ3) is 4.12. The second kappa shape index (κ2) is 6.75. The van der Waals surface area contributed by atoms with E-state index in [4.69, 9.17) is 4.74 Å². The molecule has 2 rings (SSSR count). The summed E-state index contributed by atoms with van der Waals surface area (Å²) in [7, 11) is 0. The van der Waals surface area contributed by atoms with Gasteiger partial charge in [-0.2, -0.15) is 0 Å². The lowest BCUT2D eigenvalue weighted by Crippen LogP contribution is -2.31. The highest BCUT2D eigenvalue weighted by Gasteiger charge is 2.06. The summed E-state index contributed by atoms with van der Waals surface area (Å²) in [6.07, 6.45) is 1.80. The highest BCUT2D eigenvalue weighted by Crippen LogP contribution is 2.11. The third-order valence-corrected chi connectivity index (χ3v) is 2.64. The van der Waals surface area contributed by atoms with Crippen molar-refractivity contribution in [2.24, 2.45) is 5.92 Å². The van der Waals surface area contributed by atoms with Crippen LogP contribution >= 0.6 is 0 Å². The quantitative estimate of drug-likeness (QED) is 0.876. The van der Waals surface area contributed by atoms with Gasteiger partial charge in [0.05, 0.1) is 5.69 Å². The van der Waals surface area contributed by atoms with Crippen molar-refractivity contribution in [2.75, 3.05) is 13.2 Å². The minimum absolute atomic E-state index is 0.0154. The van der Waals surface area contributed by atoms with E-state index >= 15 is 0 Å². The first kappa shape index (κ1) is 14.1. The first-order valence-electron chi connectivity index (χ1n) is 6.66. The van der Waals surface area contributed by atoms with Crippen molar-refractivity contribution in [2.45, 2.75) is 13.8 Å². The van der Waals surface area contributed by atoms with Gasteiger partial charge in [0.15, 0.2) is 6.61 Å². The molecule has 1 heterocycles. The van der Waals surface area contributed by atoms with Crippen LogP contribution in [0.4, 0.5) is 0 Å². The van der Waals surface area contributed by atoms with Gasteiger partial charge in [-0.05, 0) is 18.1 Å². The first-order chi connectivity index (χ1) is 9.65. The molecule has 0 aliphatic carbocycles. The van der Waals surface area contributed by atoms with E-state index in [0.29, 0.717) is 18.3 Å². The Morgan fingerprint density at radius 3 is 2.75 bits per heavy atom. The van der Waals surface area contributed by atoms with Crippen molar-refractivity contribution in [3.63, 3.8) is 0 Å². The highest BCUT2D eigenvalue weighted by atomic mass is 16.5. The Kier molecular flexibility index (Phi) is 4.76. The number of amides is 1. The molecule has 0 aliphatic rings. The Labute approximate surface area is 118 Å². The van der Waals surface area contributed by atoms with Crippen LogP contribution in [-0.4, -0.2) is 28.8 Å². The van der Waals surface area contributed by atoms with Gasteiger partial charge < -0.3 is 10.1 Å². The molecule has 1 aromatic carbocycles. The van der Waals surface area contributed by atoms with E-state index in [1.165, 1.54) is 0 Å². The molecule has 5 nitrogen and oxygen atoms in total. The number of ether oxygens (including phenoxy) is 1. The smallest absolute Gasteiger partial charge is 0.258 e. The van der Waals surface area contributed by atoms with Gasteiger partial charge >= 0.3 is 0 Å². The monoisotopic (exact) mass is 273 g/mol. The number of nitrogens with zero attached hydrogens (tertiary/aromatic N) is 2. The number of nitrogens with one attached hydrogen (secondary N) is 1. The molecule has 1 N–H and O–H groups in total. The molecule has 20 heavy (non-hydrogen) atoms. The molecule has 1 amide bonds. The van der Waals surface area contributed by atoms with Crippen LogP contribution in [0.1, 0.15) is 13.8 Å². The molecule has 0 spiro atoms. The summed E-state index contributed by atoms with van der Waals surface area (Å²) in [5, 5.41) is 7.05. The van der Waals surface area contributed by atoms with Crippen LogP contribution in [0.2, 0.25) is 0 Å². The largest absolute Gasteiger partial charge is 0.466 e. The summed E-state index contributed by atoms with van der Waals surface area (Å²) in [6.45, 7) is 4.73. The second-order valence-electron chi connectivity index (χ2n) is 4.92. The van der Waals surface area contributed by atoms with Gasteiger partial charge in [-0.3, -0.25) is 4.79 Å². The molecule has 0 saturated heterocycles. The van der Waals surface area contributed by atoms with Crippen LogP contribution in [-0.2, 0) is 4.79 Å². The summed E-state index contributed by atoms with van der Waals surface area (Å²) in [4.78, 5) is 11.5. The van der Waals surface area contributed by atoms with Crippen LogP contribution < -0.4 is 10.1 Å². The molecule has 0 bridgehead atoms. The predicted molar refractivity (Wildman–Crippen MR) is 76.9 cm³/mol. The standard InChI is InChI=1S/C15H19N3O2/c1-12(2)10-16-14(19)11-20-15-8-9-18(17-15)13-6-4-3-5-7-13/h3-9,12H,10-11H2,1-2H3,(H,16,19). The number of carbonyl (C=O) groups excluding carboxylic acids is 1. The fourth-order valence-corrected chi connectivity index (χ4v) is 1.62. The van der Waals surface area contributed by atoms with Crippen molar-refractivity contribution in [1.29, 1.82) is 0 Å². The topological polar surface area (TPSA) is 56.1 Å². The summed E-state index contributed by atoms with van der Waals surface area (Å²) in [5.41, 5.74) is 0.951. The number of aromatic nitrogens is 2. The SMILES string of the molecule is CC(C)CNC(=O)COc1ccn(-c2ccccc2)n1. The van der Waals surface area contributed by atoms with Gasteiger partial charge in [-0.1, -0.05) is 32.0 Å². The summed E-state index contributed by atoms with van der Waals surface area (Å²) < 4.78 is 7.07. The number of carbonyl (C=O) groups is 1. The molecule has 106 valence electrons. The molecular weight excluding hydrogens is 254 g/mol.